The number of nitrogens with zero attached hydrogens (tertiary/aromatic N) is 1. The predicted molar refractivity (Wildman–Crippen MR) is 94.6 cm³/mol. The van der Waals surface area contributed by atoms with Crippen LogP contribution in [0.4, 0.5) is 5.69 Å². The smallest absolute Gasteiger partial charge is 0.255 e. The van der Waals surface area contributed by atoms with E-state index in [4.69, 9.17) is 4.74 Å². The molecule has 0 unspecified atom stereocenters. The van der Waals surface area contributed by atoms with Gasteiger partial charge in [-0.25, -0.2) is 0 Å². The Balaban J connectivity index is 2.05. The third-order valence-corrected chi connectivity index (χ3v) is 3.36. The van der Waals surface area contributed by atoms with E-state index in [1.54, 1.807) is 56.6 Å². The Bertz CT molecular complexity index is 709. The normalized spacial score (nSPS) is 10.1. The van der Waals surface area contributed by atoms with Gasteiger partial charge >= 0.3 is 0 Å². The number of rotatable bonds is 6. The number of hydrogen-bond donors (Lipinski definition) is 1. The van der Waals surface area contributed by atoms with Gasteiger partial charge in [0, 0.05) is 30.9 Å². The average Bonchev–Trinajstić information content (AvgIpc) is 2.60. The van der Waals surface area contributed by atoms with Crippen molar-refractivity contribution in [2.45, 2.75) is 13.3 Å². The summed E-state index contributed by atoms with van der Waals surface area (Å²) in [6.07, 6.45) is 0.911. The average molecular weight is 326 g/mol. The van der Waals surface area contributed by atoms with Gasteiger partial charge in [-0.05, 0) is 48.9 Å². The summed E-state index contributed by atoms with van der Waals surface area (Å²) in [4.78, 5) is 25.7. The van der Waals surface area contributed by atoms with E-state index in [1.807, 2.05) is 13.0 Å². The summed E-state index contributed by atoms with van der Waals surface area (Å²) in [7, 11) is 3.40. The molecule has 0 bridgehead atoms. The molecule has 0 aliphatic rings. The molecule has 0 spiro atoms. The van der Waals surface area contributed by atoms with Crippen molar-refractivity contribution in [2.24, 2.45) is 0 Å². The van der Waals surface area contributed by atoms with Crippen LogP contribution in [0.15, 0.2) is 48.5 Å². The Morgan fingerprint density at radius 1 is 1.04 bits per heavy atom. The highest BCUT2D eigenvalue weighted by molar-refractivity contribution is 6.04. The minimum atomic E-state index is -0.219. The van der Waals surface area contributed by atoms with E-state index >= 15 is 0 Å². The number of benzene rings is 2. The van der Waals surface area contributed by atoms with Crippen LogP contribution >= 0.6 is 0 Å². The Morgan fingerprint density at radius 3 is 2.38 bits per heavy atom. The largest absolute Gasteiger partial charge is 0.494 e. The van der Waals surface area contributed by atoms with E-state index in [1.165, 1.54) is 4.90 Å². The maximum atomic E-state index is 12.3. The molecule has 2 aromatic rings. The lowest BCUT2D eigenvalue weighted by Crippen LogP contribution is -2.21. The number of nitrogens with one attached hydrogen (secondary N) is 1. The molecule has 2 amide bonds. The van der Waals surface area contributed by atoms with Gasteiger partial charge in [0.15, 0.2) is 0 Å². The van der Waals surface area contributed by atoms with Gasteiger partial charge in [0.1, 0.15) is 5.75 Å². The number of amides is 2. The fraction of sp³-hybridized carbons (Fsp3) is 0.263. The van der Waals surface area contributed by atoms with Crippen LogP contribution in [0, 0.1) is 0 Å². The molecular weight excluding hydrogens is 304 g/mol. The molecule has 5 heteroatoms. The Morgan fingerprint density at radius 2 is 1.75 bits per heavy atom. The third-order valence-electron chi connectivity index (χ3n) is 3.36. The summed E-state index contributed by atoms with van der Waals surface area (Å²) in [5.41, 5.74) is 1.74. The molecule has 5 nitrogen and oxygen atoms in total. The monoisotopic (exact) mass is 326 g/mol. The molecule has 0 saturated carbocycles. The first-order valence-corrected chi connectivity index (χ1v) is 7.87. The number of carbonyl (C=O) groups excluding carboxylic acids is 2. The molecule has 0 saturated heterocycles. The highest BCUT2D eigenvalue weighted by atomic mass is 16.5. The van der Waals surface area contributed by atoms with Crippen LogP contribution in [0.2, 0.25) is 0 Å². The molecule has 2 aromatic carbocycles. The minimum absolute atomic E-state index is 0.0753. The second-order valence-corrected chi connectivity index (χ2v) is 5.61. The van der Waals surface area contributed by atoms with Crippen LogP contribution in [0.1, 0.15) is 34.1 Å². The first-order valence-electron chi connectivity index (χ1n) is 7.87. The summed E-state index contributed by atoms with van der Waals surface area (Å²) >= 11 is 0. The summed E-state index contributed by atoms with van der Waals surface area (Å²) in [5.74, 6) is 0.383. The molecule has 1 N–H and O–H groups in total. The van der Waals surface area contributed by atoms with Crippen LogP contribution in [-0.4, -0.2) is 37.4 Å². The van der Waals surface area contributed by atoms with E-state index < -0.39 is 0 Å². The summed E-state index contributed by atoms with van der Waals surface area (Å²) in [6, 6.07) is 13.9. The Labute approximate surface area is 142 Å². The molecular formula is C19H22N2O3. The van der Waals surface area contributed by atoms with Crippen LogP contribution in [0.25, 0.3) is 0 Å². The second kappa shape index (κ2) is 8.15. The highest BCUT2D eigenvalue weighted by Gasteiger charge is 2.10. The molecule has 126 valence electrons. The fourth-order valence-corrected chi connectivity index (χ4v) is 2.10. The molecule has 0 atom stereocenters. The van der Waals surface area contributed by atoms with Gasteiger partial charge in [-0.1, -0.05) is 13.0 Å². The number of ether oxygens (including phenoxy) is 1. The van der Waals surface area contributed by atoms with Crippen molar-refractivity contribution in [1.82, 2.24) is 4.90 Å². The van der Waals surface area contributed by atoms with Crippen molar-refractivity contribution < 1.29 is 14.3 Å². The van der Waals surface area contributed by atoms with Gasteiger partial charge in [0.2, 0.25) is 0 Å². The van der Waals surface area contributed by atoms with Crippen LogP contribution in [0.3, 0.4) is 0 Å². The summed E-state index contributed by atoms with van der Waals surface area (Å²) < 4.78 is 5.54. The highest BCUT2D eigenvalue weighted by Crippen LogP contribution is 2.16. The van der Waals surface area contributed by atoms with Crippen molar-refractivity contribution >= 4 is 17.5 Å². The molecule has 24 heavy (non-hydrogen) atoms. The molecule has 0 heterocycles. The quantitative estimate of drug-likeness (QED) is 0.885. The fourth-order valence-electron chi connectivity index (χ4n) is 2.10. The van der Waals surface area contributed by atoms with Crippen molar-refractivity contribution in [2.75, 3.05) is 26.0 Å². The van der Waals surface area contributed by atoms with E-state index in [0.29, 0.717) is 29.2 Å². The number of carbonyl (C=O) groups is 2. The van der Waals surface area contributed by atoms with Gasteiger partial charge in [-0.3, -0.25) is 9.59 Å². The van der Waals surface area contributed by atoms with Gasteiger partial charge < -0.3 is 15.0 Å². The zero-order chi connectivity index (χ0) is 17.5. The lowest BCUT2D eigenvalue weighted by Gasteiger charge is -2.11. The van der Waals surface area contributed by atoms with Crippen molar-refractivity contribution in [3.8, 4) is 5.75 Å². The standard InChI is InChI=1S/C19H22N2O3/c1-4-12-24-17-7-5-6-15(13-17)18(22)20-16-10-8-14(9-11-16)19(23)21(2)3/h5-11,13H,4,12H2,1-3H3,(H,20,22). The van der Waals surface area contributed by atoms with Crippen molar-refractivity contribution in [3.63, 3.8) is 0 Å². The summed E-state index contributed by atoms with van der Waals surface area (Å²) in [6.45, 7) is 2.65. The number of hydrogen-bond acceptors (Lipinski definition) is 3. The van der Waals surface area contributed by atoms with Crippen molar-refractivity contribution in [1.29, 1.82) is 0 Å². The van der Waals surface area contributed by atoms with Crippen molar-refractivity contribution in [3.05, 3.63) is 59.7 Å². The van der Waals surface area contributed by atoms with Gasteiger partial charge in [-0.2, -0.15) is 0 Å². The predicted octanol–water partition coefficient (Wildman–Crippen LogP) is 3.43. The second-order valence-electron chi connectivity index (χ2n) is 5.61. The maximum Gasteiger partial charge on any atom is 0.255 e. The van der Waals surface area contributed by atoms with E-state index in [2.05, 4.69) is 5.32 Å². The third kappa shape index (κ3) is 4.59. The van der Waals surface area contributed by atoms with Crippen LogP contribution in [-0.2, 0) is 0 Å². The first kappa shape index (κ1) is 17.5. The molecule has 2 rings (SSSR count). The zero-order valence-corrected chi connectivity index (χ0v) is 14.2. The lowest BCUT2D eigenvalue weighted by molar-refractivity contribution is 0.0827. The van der Waals surface area contributed by atoms with E-state index in [9.17, 15) is 9.59 Å². The maximum absolute atomic E-state index is 12.3. The lowest BCUT2D eigenvalue weighted by atomic mass is 10.1. The molecule has 0 aromatic heterocycles. The molecule has 0 aliphatic carbocycles. The van der Waals surface area contributed by atoms with Crippen LogP contribution in [0.5, 0.6) is 5.75 Å². The van der Waals surface area contributed by atoms with Crippen LogP contribution < -0.4 is 10.1 Å². The Kier molecular flexibility index (Phi) is 5.95. The molecule has 0 radical (unpaired) electrons. The molecule has 0 aliphatic heterocycles. The molecule has 0 fully saturated rings. The Hall–Kier alpha value is -2.82. The van der Waals surface area contributed by atoms with E-state index in [0.717, 1.165) is 6.42 Å². The first-order chi connectivity index (χ1) is 11.5. The summed E-state index contributed by atoms with van der Waals surface area (Å²) in [5, 5.41) is 2.82. The van der Waals surface area contributed by atoms with Gasteiger partial charge in [0.05, 0.1) is 6.61 Å². The minimum Gasteiger partial charge on any atom is -0.494 e. The SMILES string of the molecule is CCCOc1cccc(C(=O)Nc2ccc(C(=O)N(C)C)cc2)c1. The number of anilines is 1. The topological polar surface area (TPSA) is 58.6 Å². The van der Waals surface area contributed by atoms with Gasteiger partial charge in [-0.15, -0.1) is 0 Å². The zero-order valence-electron chi connectivity index (χ0n) is 14.2. The van der Waals surface area contributed by atoms with E-state index in [-0.39, 0.29) is 11.8 Å². The van der Waals surface area contributed by atoms with Gasteiger partial charge in [0.25, 0.3) is 11.8 Å².